The van der Waals surface area contributed by atoms with E-state index in [4.69, 9.17) is 0 Å². The molecule has 2 fully saturated rings. The van der Waals surface area contributed by atoms with Crippen LogP contribution in [0.5, 0.6) is 0 Å². The second-order valence-electron chi connectivity index (χ2n) is 14.8. The molecule has 1 unspecified atom stereocenters. The van der Waals surface area contributed by atoms with Crippen LogP contribution in [0.2, 0.25) is 0 Å². The smallest absolute Gasteiger partial charge is 0.329 e. The average molecular weight is 790 g/mol. The maximum atomic E-state index is 15.9. The lowest BCUT2D eigenvalue weighted by molar-refractivity contribution is -0.121. The van der Waals surface area contributed by atoms with Gasteiger partial charge in [-0.2, -0.15) is 5.10 Å². The number of halogens is 1. The minimum Gasteiger partial charge on any atom is -0.371 e. The van der Waals surface area contributed by atoms with E-state index >= 15 is 4.39 Å². The van der Waals surface area contributed by atoms with Gasteiger partial charge in [0.1, 0.15) is 5.82 Å². The van der Waals surface area contributed by atoms with Gasteiger partial charge in [-0.3, -0.25) is 34.8 Å². The number of imidazole rings is 1. The molecule has 0 saturated carbocycles. The maximum absolute atomic E-state index is 15.9. The van der Waals surface area contributed by atoms with E-state index in [-0.39, 0.29) is 36.5 Å². The van der Waals surface area contributed by atoms with Crippen LogP contribution in [0, 0.1) is 5.82 Å². The molecule has 5 amide bonds. The van der Waals surface area contributed by atoms with Gasteiger partial charge in [0.05, 0.1) is 24.3 Å². The van der Waals surface area contributed by atoms with E-state index in [9.17, 15) is 19.2 Å². The molecule has 2 N–H and O–H groups in total. The Morgan fingerprint density at radius 2 is 1.82 bits per heavy atom. The number of amides is 5. The number of imide groups is 1. The Bertz CT molecular complexity index is 2340. The number of urea groups is 1. The third-order valence-corrected chi connectivity index (χ3v) is 12.1. The molecule has 2 saturated heterocycles. The number of benzene rings is 2. The molecule has 2 aromatic carbocycles. The van der Waals surface area contributed by atoms with Crippen LogP contribution in [0.15, 0.2) is 66.4 Å². The zero-order valence-corrected chi connectivity index (χ0v) is 32.0. The van der Waals surface area contributed by atoms with E-state index in [0.717, 1.165) is 68.0 Å². The number of thiazole rings is 1. The third kappa shape index (κ3) is 7.12. The highest BCUT2D eigenvalue weighted by molar-refractivity contribution is 7.13. The number of fused-ring (bicyclic) bond motifs is 2. The van der Waals surface area contributed by atoms with Crippen molar-refractivity contribution in [2.24, 2.45) is 0 Å². The van der Waals surface area contributed by atoms with Crippen LogP contribution in [-0.4, -0.2) is 91.0 Å². The fourth-order valence-electron chi connectivity index (χ4n) is 8.34. The quantitative estimate of drug-likeness (QED) is 0.202. The minimum atomic E-state index is -1.04. The van der Waals surface area contributed by atoms with Gasteiger partial charge in [-0.15, -0.1) is 16.4 Å². The second-order valence-corrected chi connectivity index (χ2v) is 15.7. The Morgan fingerprint density at radius 3 is 2.56 bits per heavy atom. The van der Waals surface area contributed by atoms with Gasteiger partial charge in [0.15, 0.2) is 17.0 Å². The molecule has 3 aromatic heterocycles. The van der Waals surface area contributed by atoms with E-state index in [1.54, 1.807) is 30.0 Å². The lowest BCUT2D eigenvalue weighted by atomic mass is 9.98. The van der Waals surface area contributed by atoms with Crippen molar-refractivity contribution in [3.8, 4) is 11.1 Å². The summed E-state index contributed by atoms with van der Waals surface area (Å²) in [6.07, 6.45) is 7.10. The molecule has 0 spiro atoms. The highest BCUT2D eigenvalue weighted by Crippen LogP contribution is 2.38. The van der Waals surface area contributed by atoms with Crippen LogP contribution in [0.3, 0.4) is 0 Å². The van der Waals surface area contributed by atoms with Crippen LogP contribution in [0.1, 0.15) is 64.7 Å². The Labute approximate surface area is 331 Å². The summed E-state index contributed by atoms with van der Waals surface area (Å²) in [6.45, 7) is 3.36. The van der Waals surface area contributed by atoms with Gasteiger partial charge in [-0.05, 0) is 80.3 Å². The largest absolute Gasteiger partial charge is 0.371 e. The number of carbonyl (C=O) groups excluding carboxylic acids is 4. The second kappa shape index (κ2) is 15.1. The molecular weight excluding hydrogens is 750 g/mol. The van der Waals surface area contributed by atoms with Crippen molar-refractivity contribution in [2.45, 2.75) is 63.8 Å². The van der Waals surface area contributed by atoms with Crippen molar-refractivity contribution >= 4 is 51.7 Å². The summed E-state index contributed by atoms with van der Waals surface area (Å²) in [5, 5.41) is 15.9. The zero-order chi connectivity index (χ0) is 39.2. The summed E-state index contributed by atoms with van der Waals surface area (Å²) in [6, 6.07) is 13.6. The number of carbonyl (C=O) groups is 4. The summed E-state index contributed by atoms with van der Waals surface area (Å²) in [5.74, 6) is -1.21. The first-order valence-corrected chi connectivity index (χ1v) is 20.0. The van der Waals surface area contributed by atoms with Crippen molar-refractivity contribution in [2.75, 3.05) is 41.8 Å². The number of anilines is 3. The number of hydrogen-bond acceptors (Lipinski definition) is 11. The number of nitrogens with zero attached hydrogens (tertiary/aromatic N) is 9. The van der Waals surface area contributed by atoms with Crippen LogP contribution < -0.4 is 20.4 Å². The Kier molecular flexibility index (Phi) is 9.70. The first kappa shape index (κ1) is 36.6. The lowest BCUT2D eigenvalue weighted by Crippen LogP contribution is -2.50. The van der Waals surface area contributed by atoms with Gasteiger partial charge in [-0.25, -0.2) is 19.2 Å². The molecule has 15 nitrogen and oxygen atoms in total. The zero-order valence-electron chi connectivity index (χ0n) is 31.2. The normalized spacial score (nSPS) is 17.6. The lowest BCUT2D eigenvalue weighted by Gasteiger charge is -2.37. The number of rotatable bonds is 10. The van der Waals surface area contributed by atoms with E-state index in [2.05, 4.69) is 47.6 Å². The highest BCUT2D eigenvalue weighted by Gasteiger charge is 2.42. The fourth-order valence-corrected chi connectivity index (χ4v) is 8.88. The van der Waals surface area contributed by atoms with Crippen LogP contribution in [-0.2, 0) is 35.6 Å². The molecule has 0 bridgehead atoms. The molecule has 0 radical (unpaired) electrons. The van der Waals surface area contributed by atoms with Gasteiger partial charge in [0, 0.05) is 79.3 Å². The van der Waals surface area contributed by atoms with Gasteiger partial charge in [-0.1, -0.05) is 12.1 Å². The molecule has 9 rings (SSSR count). The molecule has 4 aliphatic rings. The first-order valence-electron chi connectivity index (χ1n) is 19.1. The van der Waals surface area contributed by atoms with Gasteiger partial charge < -0.3 is 14.4 Å². The predicted octanol–water partition coefficient (Wildman–Crippen LogP) is 4.76. The maximum Gasteiger partial charge on any atom is 0.329 e. The number of aromatic nitrogens is 5. The molecule has 17 heteroatoms. The molecule has 0 aliphatic carbocycles. The Morgan fingerprint density at radius 1 is 1.00 bits per heavy atom. The molecule has 5 aromatic rings. The van der Waals surface area contributed by atoms with E-state index in [1.165, 1.54) is 27.2 Å². The molecule has 292 valence electrons. The van der Waals surface area contributed by atoms with Crippen molar-refractivity contribution < 1.29 is 23.6 Å². The molecule has 4 aliphatic heterocycles. The summed E-state index contributed by atoms with van der Waals surface area (Å²) in [5.41, 5.74) is 5.18. The predicted molar refractivity (Wildman–Crippen MR) is 210 cm³/mol. The van der Waals surface area contributed by atoms with Gasteiger partial charge >= 0.3 is 6.03 Å². The summed E-state index contributed by atoms with van der Waals surface area (Å²) >= 11 is 1.28. The monoisotopic (exact) mass is 789 g/mol. The topological polar surface area (TPSA) is 162 Å². The van der Waals surface area contributed by atoms with Gasteiger partial charge in [0.25, 0.3) is 11.8 Å². The summed E-state index contributed by atoms with van der Waals surface area (Å²) in [4.78, 5) is 67.8. The van der Waals surface area contributed by atoms with Crippen LogP contribution in [0.4, 0.5) is 25.8 Å². The van der Waals surface area contributed by atoms with Gasteiger partial charge in [0.2, 0.25) is 5.91 Å². The number of hydrogen-bond donors (Lipinski definition) is 2. The molecule has 57 heavy (non-hydrogen) atoms. The summed E-state index contributed by atoms with van der Waals surface area (Å²) < 4.78 is 17.9. The van der Waals surface area contributed by atoms with Crippen molar-refractivity contribution in [1.29, 1.82) is 0 Å². The van der Waals surface area contributed by atoms with Crippen molar-refractivity contribution in [1.82, 2.24) is 39.8 Å². The highest BCUT2D eigenvalue weighted by atomic mass is 32.1. The SMILES string of the molecule is CN(Cc1ccc(N2CCC(=O)NC2=O)nn1)C1CCN(c2ccc(-c3cc(F)c4c(c3)C(=O)N(C(C(=O)Nc3nccs3)c3ncn5c3CCC5)C4)cc2)CC1. The number of piperidine rings is 1. The van der Waals surface area contributed by atoms with Crippen LogP contribution >= 0.6 is 11.3 Å². The number of nitrogens with one attached hydrogen (secondary N) is 2. The van der Waals surface area contributed by atoms with E-state index < -0.39 is 29.7 Å². The number of aryl methyl sites for hydroxylation is 1. The third-order valence-electron chi connectivity index (χ3n) is 11.4. The van der Waals surface area contributed by atoms with E-state index in [1.807, 2.05) is 34.9 Å². The Hall–Kier alpha value is -6.07. The molecular formula is C40H40FN11O4S. The van der Waals surface area contributed by atoms with Crippen LogP contribution in [0.25, 0.3) is 11.1 Å². The first-order chi connectivity index (χ1) is 27.7. The summed E-state index contributed by atoms with van der Waals surface area (Å²) in [7, 11) is 2.08. The molecule has 7 heterocycles. The van der Waals surface area contributed by atoms with E-state index in [0.29, 0.717) is 34.8 Å². The Balaban J connectivity index is 0.844. The standard InChI is InChI=1S/C40H40FN11O4S/c1-48(21-26-6-9-33(47-46-26)51-17-12-34(53)44-40(51)56)27-10-15-49(16-11-27)28-7-4-24(5-8-28)25-19-29-30(31(41)20-25)22-52(38(29)55)36(37(54)45-39-42-13-18-57-39)35-32-3-2-14-50(32)23-43-35/h4-9,13,18-20,23,27,36H,2-3,10-12,14-17,21-22H2,1H3,(H,42,45,54)(H,44,53,56). The average Bonchev–Trinajstić information content (AvgIpc) is 4.04. The van der Waals surface area contributed by atoms with Crippen molar-refractivity contribution in [3.63, 3.8) is 0 Å². The molecule has 1 atom stereocenters. The van der Waals surface area contributed by atoms with Crippen molar-refractivity contribution in [3.05, 3.63) is 100 Å². The minimum absolute atomic E-state index is 0.0465. The fraction of sp³-hybridized carbons (Fsp3) is 0.350.